The summed E-state index contributed by atoms with van der Waals surface area (Å²) in [6.45, 7) is 5.68. The average molecular weight is 345 g/mol. The first-order valence-corrected chi connectivity index (χ1v) is 8.16. The maximum atomic E-state index is 12.2. The molecular formula is C19H21ClN2O2. The first kappa shape index (κ1) is 18.0. The number of rotatable bonds is 5. The van der Waals surface area contributed by atoms with Gasteiger partial charge < -0.3 is 10.2 Å². The fourth-order valence-electron chi connectivity index (χ4n) is 2.42. The van der Waals surface area contributed by atoms with Crippen molar-refractivity contribution >= 4 is 34.8 Å². The monoisotopic (exact) mass is 344 g/mol. The second kappa shape index (κ2) is 7.97. The molecule has 1 N–H and O–H groups in total. The van der Waals surface area contributed by atoms with Crippen LogP contribution in [0.3, 0.4) is 0 Å². The van der Waals surface area contributed by atoms with Crippen molar-refractivity contribution in [3.63, 3.8) is 0 Å². The van der Waals surface area contributed by atoms with E-state index in [1.807, 2.05) is 50.2 Å². The van der Waals surface area contributed by atoms with E-state index in [0.717, 1.165) is 16.8 Å². The molecule has 24 heavy (non-hydrogen) atoms. The molecule has 2 aromatic rings. The molecule has 0 saturated heterocycles. The lowest BCUT2D eigenvalue weighted by Crippen LogP contribution is -2.32. The number of nitrogens with zero attached hydrogens (tertiary/aromatic N) is 1. The zero-order valence-corrected chi connectivity index (χ0v) is 14.9. The van der Waals surface area contributed by atoms with Crippen molar-refractivity contribution in [2.75, 3.05) is 16.8 Å². The second-order valence-electron chi connectivity index (χ2n) is 5.72. The summed E-state index contributed by atoms with van der Waals surface area (Å²) < 4.78 is 0. The van der Waals surface area contributed by atoms with Crippen LogP contribution >= 0.6 is 11.6 Å². The van der Waals surface area contributed by atoms with E-state index in [2.05, 4.69) is 5.32 Å². The van der Waals surface area contributed by atoms with Gasteiger partial charge in [-0.25, -0.2) is 0 Å². The van der Waals surface area contributed by atoms with E-state index in [1.54, 1.807) is 11.0 Å². The number of para-hydroxylation sites is 1. The summed E-state index contributed by atoms with van der Waals surface area (Å²) in [6, 6.07) is 13.0. The summed E-state index contributed by atoms with van der Waals surface area (Å²) >= 11 is 6.06. The summed E-state index contributed by atoms with van der Waals surface area (Å²) in [6.07, 6.45) is 0.208. The number of carbonyl (C=O) groups excluding carboxylic acids is 2. The number of halogens is 1. The molecule has 2 amide bonds. The summed E-state index contributed by atoms with van der Waals surface area (Å²) in [5, 5.41) is 3.42. The molecule has 4 nitrogen and oxygen atoms in total. The van der Waals surface area contributed by atoms with Gasteiger partial charge >= 0.3 is 0 Å². The predicted molar refractivity (Wildman–Crippen MR) is 98.6 cm³/mol. The van der Waals surface area contributed by atoms with E-state index in [9.17, 15) is 9.59 Å². The number of aryl methyl sites for hydroxylation is 2. The van der Waals surface area contributed by atoms with Crippen molar-refractivity contribution in [3.8, 4) is 0 Å². The number of benzene rings is 2. The molecule has 0 aliphatic rings. The Morgan fingerprint density at radius 1 is 1.08 bits per heavy atom. The highest BCUT2D eigenvalue weighted by atomic mass is 35.5. The Labute approximate surface area is 147 Å². The molecular weight excluding hydrogens is 324 g/mol. The van der Waals surface area contributed by atoms with Gasteiger partial charge in [0.15, 0.2) is 0 Å². The van der Waals surface area contributed by atoms with E-state index < -0.39 is 0 Å². The van der Waals surface area contributed by atoms with Crippen molar-refractivity contribution in [2.24, 2.45) is 0 Å². The largest absolute Gasteiger partial charge is 0.326 e. The van der Waals surface area contributed by atoms with Gasteiger partial charge in [-0.2, -0.15) is 0 Å². The fraction of sp³-hybridized carbons (Fsp3) is 0.263. The van der Waals surface area contributed by atoms with Gasteiger partial charge in [0.1, 0.15) is 0 Å². The molecule has 0 fully saturated rings. The van der Waals surface area contributed by atoms with Crippen LogP contribution in [0.15, 0.2) is 42.5 Å². The zero-order chi connectivity index (χ0) is 17.7. The lowest BCUT2D eigenvalue weighted by atomic mass is 10.1. The van der Waals surface area contributed by atoms with E-state index in [0.29, 0.717) is 17.3 Å². The number of carbonyl (C=O) groups is 2. The first-order valence-electron chi connectivity index (χ1n) is 7.78. The smallest absolute Gasteiger partial charge is 0.226 e. The Morgan fingerprint density at radius 3 is 2.42 bits per heavy atom. The van der Waals surface area contributed by atoms with Gasteiger partial charge in [0.05, 0.1) is 0 Å². The number of anilines is 2. The lowest BCUT2D eigenvalue weighted by Gasteiger charge is -2.22. The van der Waals surface area contributed by atoms with Crippen LogP contribution in [0, 0.1) is 13.8 Å². The van der Waals surface area contributed by atoms with Gasteiger partial charge in [0, 0.05) is 36.3 Å². The third-order valence-electron chi connectivity index (χ3n) is 3.80. The Morgan fingerprint density at radius 2 is 1.79 bits per heavy atom. The standard InChI is InChI=1S/C19H21ClN2O2/c1-13-8-9-16(12-17(13)20)21-19(24)10-11-22(15(3)23)18-7-5-4-6-14(18)2/h4-9,12H,10-11H2,1-3H3,(H,21,24). The Hall–Kier alpha value is -2.33. The second-order valence-corrected chi connectivity index (χ2v) is 6.13. The summed E-state index contributed by atoms with van der Waals surface area (Å²) in [4.78, 5) is 25.7. The van der Waals surface area contributed by atoms with Crippen LogP contribution in [0.5, 0.6) is 0 Å². The van der Waals surface area contributed by atoms with Crippen molar-refractivity contribution in [2.45, 2.75) is 27.2 Å². The highest BCUT2D eigenvalue weighted by Gasteiger charge is 2.15. The van der Waals surface area contributed by atoms with Gasteiger partial charge in [-0.1, -0.05) is 35.9 Å². The van der Waals surface area contributed by atoms with E-state index in [-0.39, 0.29) is 18.2 Å². The summed E-state index contributed by atoms with van der Waals surface area (Å²) in [5.74, 6) is -0.245. The van der Waals surface area contributed by atoms with Crippen molar-refractivity contribution < 1.29 is 9.59 Å². The van der Waals surface area contributed by atoms with Gasteiger partial charge in [0.2, 0.25) is 11.8 Å². The quantitative estimate of drug-likeness (QED) is 0.877. The topological polar surface area (TPSA) is 49.4 Å². The van der Waals surface area contributed by atoms with Gasteiger partial charge in [0.25, 0.3) is 0 Å². The van der Waals surface area contributed by atoms with Crippen LogP contribution in [-0.4, -0.2) is 18.4 Å². The minimum absolute atomic E-state index is 0.0875. The lowest BCUT2D eigenvalue weighted by molar-refractivity contribution is -0.117. The zero-order valence-electron chi connectivity index (χ0n) is 14.1. The van der Waals surface area contributed by atoms with Gasteiger partial charge in [-0.15, -0.1) is 0 Å². The molecule has 5 heteroatoms. The Bertz CT molecular complexity index is 759. The minimum Gasteiger partial charge on any atom is -0.326 e. The molecule has 0 heterocycles. The van der Waals surface area contributed by atoms with Crippen molar-refractivity contribution in [3.05, 3.63) is 58.6 Å². The number of nitrogens with one attached hydrogen (secondary N) is 1. The third-order valence-corrected chi connectivity index (χ3v) is 4.21. The molecule has 0 aromatic heterocycles. The third kappa shape index (κ3) is 4.59. The summed E-state index contributed by atoms with van der Waals surface area (Å²) in [7, 11) is 0. The SMILES string of the molecule is CC(=O)N(CCC(=O)Nc1ccc(C)c(Cl)c1)c1ccccc1C. The van der Waals surface area contributed by atoms with E-state index in [4.69, 9.17) is 11.6 Å². The number of hydrogen-bond donors (Lipinski definition) is 1. The normalized spacial score (nSPS) is 10.3. The predicted octanol–water partition coefficient (Wildman–Crippen LogP) is 4.34. The molecule has 0 aliphatic heterocycles. The van der Waals surface area contributed by atoms with Crippen LogP contribution in [0.1, 0.15) is 24.5 Å². The maximum absolute atomic E-state index is 12.2. The molecule has 0 aliphatic carbocycles. The molecule has 0 radical (unpaired) electrons. The molecule has 0 unspecified atom stereocenters. The highest BCUT2D eigenvalue weighted by Crippen LogP contribution is 2.21. The van der Waals surface area contributed by atoms with Crippen LogP contribution in [0.2, 0.25) is 5.02 Å². The molecule has 0 bridgehead atoms. The van der Waals surface area contributed by atoms with E-state index in [1.165, 1.54) is 6.92 Å². The molecule has 126 valence electrons. The first-order chi connectivity index (χ1) is 11.4. The highest BCUT2D eigenvalue weighted by molar-refractivity contribution is 6.31. The average Bonchev–Trinajstić information content (AvgIpc) is 2.52. The van der Waals surface area contributed by atoms with Crippen molar-refractivity contribution in [1.82, 2.24) is 0 Å². The van der Waals surface area contributed by atoms with Gasteiger partial charge in [-0.05, 0) is 43.2 Å². The maximum Gasteiger partial charge on any atom is 0.226 e. The Kier molecular flexibility index (Phi) is 5.99. The fourth-order valence-corrected chi connectivity index (χ4v) is 2.60. The van der Waals surface area contributed by atoms with Crippen molar-refractivity contribution in [1.29, 1.82) is 0 Å². The summed E-state index contributed by atoms with van der Waals surface area (Å²) in [5.41, 5.74) is 3.44. The molecule has 2 aromatic carbocycles. The molecule has 0 saturated carbocycles. The number of hydrogen-bond acceptors (Lipinski definition) is 2. The van der Waals surface area contributed by atoms with Crippen LogP contribution in [0.4, 0.5) is 11.4 Å². The molecule has 0 atom stereocenters. The van der Waals surface area contributed by atoms with Crippen LogP contribution in [-0.2, 0) is 9.59 Å². The van der Waals surface area contributed by atoms with E-state index >= 15 is 0 Å². The number of amides is 2. The molecule has 2 rings (SSSR count). The van der Waals surface area contributed by atoms with Crippen LogP contribution in [0.25, 0.3) is 0 Å². The Balaban J connectivity index is 2.01. The molecule has 0 spiro atoms. The van der Waals surface area contributed by atoms with Crippen LogP contribution < -0.4 is 10.2 Å². The van der Waals surface area contributed by atoms with Gasteiger partial charge in [-0.3, -0.25) is 9.59 Å². The minimum atomic E-state index is -0.158.